The molecule has 0 radical (unpaired) electrons. The highest BCUT2D eigenvalue weighted by Crippen LogP contribution is 2.44. The highest BCUT2D eigenvalue weighted by Gasteiger charge is 2.47. The third kappa shape index (κ3) is 5.76. The molecule has 3 aromatic rings. The third-order valence-corrected chi connectivity index (χ3v) is 7.39. The third-order valence-electron chi connectivity index (χ3n) is 6.47. The van der Waals surface area contributed by atoms with Gasteiger partial charge in [-0.2, -0.15) is 0 Å². The molecule has 4 rings (SSSR count). The van der Waals surface area contributed by atoms with Gasteiger partial charge in [-0.15, -0.1) is 11.3 Å². The first-order valence-corrected chi connectivity index (χ1v) is 13.6. The van der Waals surface area contributed by atoms with E-state index in [1.165, 1.54) is 16.2 Å². The van der Waals surface area contributed by atoms with Gasteiger partial charge in [-0.05, 0) is 66.6 Å². The number of ether oxygens (including phenoxy) is 2. The monoisotopic (exact) mass is 547 g/mol. The van der Waals surface area contributed by atoms with E-state index in [-0.39, 0.29) is 35.2 Å². The number of carbonyl (C=O) groups excluding carboxylic acids is 3. The van der Waals surface area contributed by atoms with E-state index in [9.17, 15) is 19.5 Å². The number of esters is 1. The summed E-state index contributed by atoms with van der Waals surface area (Å²) in [5, 5.41) is 13.4. The largest absolute Gasteiger partial charge is 0.507 e. The van der Waals surface area contributed by atoms with E-state index >= 15 is 0 Å². The molecular formula is C31H33NO6S. The number of methoxy groups -OCH3 is 1. The second kappa shape index (κ2) is 11.1. The molecule has 0 aliphatic carbocycles. The lowest BCUT2D eigenvalue weighted by Crippen LogP contribution is -2.29. The van der Waals surface area contributed by atoms with Gasteiger partial charge >= 0.3 is 5.97 Å². The van der Waals surface area contributed by atoms with Crippen molar-refractivity contribution in [3.05, 3.63) is 87.1 Å². The van der Waals surface area contributed by atoms with Gasteiger partial charge in [-0.3, -0.25) is 19.3 Å². The maximum absolute atomic E-state index is 13.4. The summed E-state index contributed by atoms with van der Waals surface area (Å²) >= 11 is 1.40. The number of hydrogen-bond acceptors (Lipinski definition) is 7. The van der Waals surface area contributed by atoms with Gasteiger partial charge in [-0.1, -0.05) is 39.0 Å². The molecule has 1 aliphatic heterocycles. The minimum absolute atomic E-state index is 0.0251. The van der Waals surface area contributed by atoms with Crippen LogP contribution in [0.15, 0.2) is 65.6 Å². The maximum atomic E-state index is 13.4. The van der Waals surface area contributed by atoms with Crippen LogP contribution < -0.4 is 9.64 Å². The molecule has 2 heterocycles. The van der Waals surface area contributed by atoms with Gasteiger partial charge in [0.15, 0.2) is 0 Å². The zero-order valence-electron chi connectivity index (χ0n) is 23.0. The Morgan fingerprint density at radius 3 is 2.33 bits per heavy atom. The Hall–Kier alpha value is -3.91. The number of Topliss-reactive ketones (excluding diaryl/α,β-unsaturated/α-hetero) is 1. The maximum Gasteiger partial charge on any atom is 0.310 e. The zero-order chi connectivity index (χ0) is 28.5. The van der Waals surface area contributed by atoms with Gasteiger partial charge in [0.1, 0.15) is 17.6 Å². The fraction of sp³-hybridized carbons (Fsp3) is 0.323. The molecule has 0 spiro atoms. The van der Waals surface area contributed by atoms with Crippen molar-refractivity contribution in [2.24, 2.45) is 0 Å². The number of anilines is 1. The molecule has 1 fully saturated rings. The van der Waals surface area contributed by atoms with Gasteiger partial charge in [0.05, 0.1) is 25.2 Å². The standard InChI is InChI=1S/C31H33NO6S/c1-18(2)38-25(33)16-19-9-12-21(13-10-19)32-27(24-8-7-15-39-24)26(29(35)30(32)36)28(34)20-11-14-23(37-6)22(17-20)31(3,4)5/h7-15,17-18,27,34H,16H2,1-6H3/b28-26-. The van der Waals surface area contributed by atoms with Crippen molar-refractivity contribution >= 4 is 40.4 Å². The van der Waals surface area contributed by atoms with E-state index in [4.69, 9.17) is 9.47 Å². The quantitative estimate of drug-likeness (QED) is 0.164. The molecule has 0 saturated carbocycles. The first kappa shape index (κ1) is 28.1. The first-order chi connectivity index (χ1) is 18.4. The van der Waals surface area contributed by atoms with Crippen molar-refractivity contribution in [1.82, 2.24) is 0 Å². The molecular weight excluding hydrogens is 514 g/mol. The predicted octanol–water partition coefficient (Wildman–Crippen LogP) is 6.17. The Morgan fingerprint density at radius 1 is 1.08 bits per heavy atom. The van der Waals surface area contributed by atoms with Gasteiger partial charge in [-0.25, -0.2) is 0 Å². The van der Waals surface area contributed by atoms with E-state index in [1.54, 1.807) is 63.4 Å². The SMILES string of the molecule is COc1ccc(/C(O)=C2/C(=O)C(=O)N(c3ccc(CC(=O)OC(C)C)cc3)C2c2cccs2)cc1C(C)(C)C. The molecule has 1 unspecified atom stereocenters. The Morgan fingerprint density at radius 2 is 1.77 bits per heavy atom. The molecule has 1 aromatic heterocycles. The number of nitrogens with zero attached hydrogens (tertiary/aromatic N) is 1. The fourth-order valence-corrected chi connectivity index (χ4v) is 5.48. The van der Waals surface area contributed by atoms with Crippen LogP contribution in [0.3, 0.4) is 0 Å². The summed E-state index contributed by atoms with van der Waals surface area (Å²) in [6.07, 6.45) is -0.112. The number of ketones is 1. The lowest BCUT2D eigenvalue weighted by Gasteiger charge is -2.25. The number of carbonyl (C=O) groups is 3. The summed E-state index contributed by atoms with van der Waals surface area (Å²) in [6.45, 7) is 9.68. The van der Waals surface area contributed by atoms with Crippen LogP contribution >= 0.6 is 11.3 Å². The van der Waals surface area contributed by atoms with Crippen LogP contribution in [-0.4, -0.2) is 36.0 Å². The Labute approximate surface area is 232 Å². The van der Waals surface area contributed by atoms with Crippen LogP contribution in [0.2, 0.25) is 0 Å². The number of hydrogen-bond donors (Lipinski definition) is 1. The molecule has 1 saturated heterocycles. The topological polar surface area (TPSA) is 93.1 Å². The summed E-state index contributed by atoms with van der Waals surface area (Å²) in [5.41, 5.74) is 2.24. The van der Waals surface area contributed by atoms with Crippen molar-refractivity contribution in [2.45, 2.75) is 58.6 Å². The van der Waals surface area contributed by atoms with Crippen LogP contribution in [0.4, 0.5) is 5.69 Å². The van der Waals surface area contributed by atoms with Gasteiger partial charge in [0, 0.05) is 21.7 Å². The molecule has 204 valence electrons. The highest BCUT2D eigenvalue weighted by atomic mass is 32.1. The van der Waals surface area contributed by atoms with Crippen LogP contribution in [0, 0.1) is 0 Å². The Bertz CT molecular complexity index is 1410. The van der Waals surface area contributed by atoms with Crippen molar-refractivity contribution in [1.29, 1.82) is 0 Å². The summed E-state index contributed by atoms with van der Waals surface area (Å²) in [7, 11) is 1.59. The summed E-state index contributed by atoms with van der Waals surface area (Å²) in [6, 6.07) is 15.0. The molecule has 0 bridgehead atoms. The van der Waals surface area contributed by atoms with Crippen LogP contribution in [0.25, 0.3) is 5.76 Å². The Balaban J connectivity index is 1.78. The van der Waals surface area contributed by atoms with Crippen molar-refractivity contribution in [3.63, 3.8) is 0 Å². The molecule has 1 atom stereocenters. The number of aliphatic hydroxyl groups excluding tert-OH is 1. The fourth-order valence-electron chi connectivity index (χ4n) is 4.66. The van der Waals surface area contributed by atoms with E-state index in [0.29, 0.717) is 17.0 Å². The van der Waals surface area contributed by atoms with E-state index in [0.717, 1.165) is 16.0 Å². The van der Waals surface area contributed by atoms with Gasteiger partial charge in [0.25, 0.3) is 11.7 Å². The molecule has 1 amide bonds. The van der Waals surface area contributed by atoms with Crippen molar-refractivity contribution < 1.29 is 29.0 Å². The molecule has 39 heavy (non-hydrogen) atoms. The number of thiophene rings is 1. The Kier molecular flexibility index (Phi) is 7.97. The minimum atomic E-state index is -0.804. The summed E-state index contributed by atoms with van der Waals surface area (Å²) < 4.78 is 10.7. The van der Waals surface area contributed by atoms with Gasteiger partial charge in [0.2, 0.25) is 0 Å². The zero-order valence-corrected chi connectivity index (χ0v) is 23.8. The average Bonchev–Trinajstić information content (AvgIpc) is 3.49. The van der Waals surface area contributed by atoms with E-state index < -0.39 is 17.7 Å². The smallest absolute Gasteiger partial charge is 0.310 e. The normalized spacial score (nSPS) is 17.1. The molecule has 1 aliphatic rings. The minimum Gasteiger partial charge on any atom is -0.507 e. The highest BCUT2D eigenvalue weighted by molar-refractivity contribution is 7.10. The van der Waals surface area contributed by atoms with Crippen molar-refractivity contribution in [3.8, 4) is 5.75 Å². The molecule has 7 nitrogen and oxygen atoms in total. The molecule has 1 N–H and O–H groups in total. The number of rotatable bonds is 7. The summed E-state index contributed by atoms with van der Waals surface area (Å²) in [5.74, 6) is -1.40. The lowest BCUT2D eigenvalue weighted by atomic mass is 9.84. The van der Waals surface area contributed by atoms with Crippen LogP contribution in [0.1, 0.15) is 62.2 Å². The lowest BCUT2D eigenvalue weighted by molar-refractivity contribution is -0.146. The molecule has 8 heteroatoms. The van der Waals surface area contributed by atoms with Crippen molar-refractivity contribution in [2.75, 3.05) is 12.0 Å². The first-order valence-electron chi connectivity index (χ1n) is 12.7. The van der Waals surface area contributed by atoms with Crippen LogP contribution in [-0.2, 0) is 31.0 Å². The summed E-state index contributed by atoms with van der Waals surface area (Å²) in [4.78, 5) is 41.1. The number of amides is 1. The number of benzene rings is 2. The van der Waals surface area contributed by atoms with Crippen LogP contribution in [0.5, 0.6) is 5.75 Å². The van der Waals surface area contributed by atoms with E-state index in [2.05, 4.69) is 0 Å². The predicted molar refractivity (Wildman–Crippen MR) is 152 cm³/mol. The second-order valence-corrected chi connectivity index (χ2v) is 11.7. The van der Waals surface area contributed by atoms with E-state index in [1.807, 2.05) is 38.3 Å². The molecule has 2 aromatic carbocycles. The second-order valence-electron chi connectivity index (χ2n) is 10.7. The van der Waals surface area contributed by atoms with Gasteiger partial charge < -0.3 is 14.6 Å². The average molecular weight is 548 g/mol. The number of aliphatic hydroxyl groups is 1.